The minimum atomic E-state index is -0.774. The normalized spacial score (nSPS) is 20.3. The van der Waals surface area contributed by atoms with Gasteiger partial charge in [0.25, 0.3) is 0 Å². The zero-order chi connectivity index (χ0) is 12.7. The Morgan fingerprint density at radius 3 is 2.88 bits per heavy atom. The molecule has 0 radical (unpaired) electrons. The maximum atomic E-state index is 11.8. The topological polar surface area (TPSA) is 66.8 Å². The summed E-state index contributed by atoms with van der Waals surface area (Å²) in [7, 11) is 1.62. The molecule has 0 bridgehead atoms. The number of hydrogen-bond donors (Lipinski definition) is 1. The van der Waals surface area contributed by atoms with Crippen molar-refractivity contribution in [3.63, 3.8) is 0 Å². The van der Waals surface area contributed by atoms with Crippen molar-refractivity contribution in [3.05, 3.63) is 0 Å². The third kappa shape index (κ3) is 5.17. The summed E-state index contributed by atoms with van der Waals surface area (Å²) < 4.78 is 4.90. The first-order valence-corrected chi connectivity index (χ1v) is 6.12. The van der Waals surface area contributed by atoms with Crippen LogP contribution in [-0.4, -0.2) is 48.7 Å². The lowest BCUT2D eigenvalue weighted by molar-refractivity contribution is -0.140. The Kier molecular flexibility index (Phi) is 5.97. The van der Waals surface area contributed by atoms with Crippen LogP contribution in [0.2, 0.25) is 0 Å². The number of ether oxygens (including phenoxy) is 1. The monoisotopic (exact) mass is 243 g/mol. The fourth-order valence-electron chi connectivity index (χ4n) is 2.23. The van der Waals surface area contributed by atoms with Crippen molar-refractivity contribution in [2.75, 3.05) is 26.8 Å². The summed E-state index contributed by atoms with van der Waals surface area (Å²) in [6.07, 6.45) is 3.22. The van der Waals surface area contributed by atoms with Crippen molar-refractivity contribution in [3.8, 4) is 0 Å². The van der Waals surface area contributed by atoms with Crippen molar-refractivity contribution in [1.82, 2.24) is 4.90 Å². The van der Waals surface area contributed by atoms with Crippen molar-refractivity contribution in [2.45, 2.75) is 32.1 Å². The van der Waals surface area contributed by atoms with E-state index in [1.807, 2.05) is 0 Å². The number of methoxy groups -OCH3 is 1. The van der Waals surface area contributed by atoms with E-state index in [9.17, 15) is 9.59 Å². The average molecular weight is 243 g/mol. The van der Waals surface area contributed by atoms with Crippen molar-refractivity contribution in [1.29, 1.82) is 0 Å². The summed E-state index contributed by atoms with van der Waals surface area (Å²) in [6, 6.07) is 0. The molecular formula is C12H21NO4. The van der Waals surface area contributed by atoms with Crippen molar-refractivity contribution in [2.24, 2.45) is 5.92 Å². The molecule has 1 aliphatic rings. The van der Waals surface area contributed by atoms with Gasteiger partial charge < -0.3 is 14.7 Å². The first kappa shape index (κ1) is 14.0. The fraction of sp³-hybridized carbons (Fsp3) is 0.833. The maximum absolute atomic E-state index is 11.8. The summed E-state index contributed by atoms with van der Waals surface area (Å²) in [5.41, 5.74) is 0. The van der Waals surface area contributed by atoms with Gasteiger partial charge in [-0.05, 0) is 25.2 Å². The average Bonchev–Trinajstić information content (AvgIpc) is 2.28. The molecule has 1 heterocycles. The number of nitrogens with zero attached hydrogens (tertiary/aromatic N) is 1. The van der Waals surface area contributed by atoms with Crippen LogP contribution in [0.5, 0.6) is 0 Å². The molecule has 1 aliphatic heterocycles. The van der Waals surface area contributed by atoms with Crippen LogP contribution in [0.1, 0.15) is 32.1 Å². The molecule has 17 heavy (non-hydrogen) atoms. The van der Waals surface area contributed by atoms with Gasteiger partial charge >= 0.3 is 5.97 Å². The predicted octanol–water partition coefficient (Wildman–Crippen LogP) is 1.13. The number of hydrogen-bond acceptors (Lipinski definition) is 3. The van der Waals surface area contributed by atoms with E-state index in [2.05, 4.69) is 0 Å². The first-order valence-electron chi connectivity index (χ1n) is 6.12. The fourth-order valence-corrected chi connectivity index (χ4v) is 2.23. The largest absolute Gasteiger partial charge is 0.481 e. The zero-order valence-electron chi connectivity index (χ0n) is 10.4. The first-order chi connectivity index (χ1) is 8.13. The number of amides is 1. The lowest BCUT2D eigenvalue weighted by Gasteiger charge is -2.32. The van der Waals surface area contributed by atoms with E-state index >= 15 is 0 Å². The number of carbonyl (C=O) groups is 2. The van der Waals surface area contributed by atoms with Crippen LogP contribution in [-0.2, 0) is 14.3 Å². The van der Waals surface area contributed by atoms with E-state index < -0.39 is 5.97 Å². The molecule has 0 aromatic rings. The molecule has 1 unspecified atom stereocenters. The molecule has 1 saturated heterocycles. The Morgan fingerprint density at radius 2 is 2.24 bits per heavy atom. The number of carboxylic acid groups (broad SMARTS) is 1. The van der Waals surface area contributed by atoms with Crippen molar-refractivity contribution < 1.29 is 19.4 Å². The van der Waals surface area contributed by atoms with Gasteiger partial charge in [0.05, 0.1) is 0 Å². The van der Waals surface area contributed by atoms with Gasteiger partial charge in [-0.15, -0.1) is 0 Å². The minimum absolute atomic E-state index is 0.118. The lowest BCUT2D eigenvalue weighted by Crippen LogP contribution is -2.40. The van der Waals surface area contributed by atoms with Crippen LogP contribution < -0.4 is 0 Å². The van der Waals surface area contributed by atoms with E-state index in [0.29, 0.717) is 19.6 Å². The number of carboxylic acids is 1. The second-order valence-corrected chi connectivity index (χ2v) is 4.54. The molecule has 1 rings (SSSR count). The van der Waals surface area contributed by atoms with Crippen LogP contribution in [0.15, 0.2) is 0 Å². The molecule has 1 amide bonds. The van der Waals surface area contributed by atoms with Crippen LogP contribution >= 0.6 is 0 Å². The summed E-state index contributed by atoms with van der Waals surface area (Å²) in [5.74, 6) is -0.534. The molecule has 1 N–H and O–H groups in total. The molecule has 0 saturated carbocycles. The van der Waals surface area contributed by atoms with Gasteiger partial charge in [-0.25, -0.2) is 0 Å². The third-order valence-corrected chi connectivity index (χ3v) is 3.07. The molecule has 0 aliphatic carbocycles. The second-order valence-electron chi connectivity index (χ2n) is 4.54. The number of aliphatic carboxylic acids is 1. The van der Waals surface area contributed by atoms with Gasteiger partial charge in [-0.2, -0.15) is 0 Å². The highest BCUT2D eigenvalue weighted by molar-refractivity contribution is 5.76. The van der Waals surface area contributed by atoms with E-state index in [1.165, 1.54) is 0 Å². The zero-order valence-corrected chi connectivity index (χ0v) is 10.4. The van der Waals surface area contributed by atoms with Crippen LogP contribution in [0, 0.1) is 5.92 Å². The molecule has 1 atom stereocenters. The number of rotatable bonds is 6. The number of carbonyl (C=O) groups excluding carboxylic acids is 1. The third-order valence-electron chi connectivity index (χ3n) is 3.07. The Hall–Kier alpha value is -1.10. The molecule has 5 nitrogen and oxygen atoms in total. The van der Waals surface area contributed by atoms with Crippen molar-refractivity contribution >= 4 is 11.9 Å². The standard InChI is InChI=1S/C12H21NO4/c1-17-7-3-5-11(14)13-6-2-4-10(9-13)8-12(15)16/h10H,2-9H2,1H3,(H,15,16). The Balaban J connectivity index is 2.32. The highest BCUT2D eigenvalue weighted by atomic mass is 16.5. The summed E-state index contributed by atoms with van der Waals surface area (Å²) in [5, 5.41) is 8.74. The number of likely N-dealkylation sites (tertiary alicyclic amines) is 1. The Labute approximate surface area is 102 Å². The van der Waals surface area contributed by atoms with Gasteiger partial charge in [-0.1, -0.05) is 0 Å². The molecule has 98 valence electrons. The highest BCUT2D eigenvalue weighted by Gasteiger charge is 2.24. The summed E-state index contributed by atoms with van der Waals surface area (Å²) in [4.78, 5) is 24.3. The SMILES string of the molecule is COCCCC(=O)N1CCCC(CC(=O)O)C1. The highest BCUT2D eigenvalue weighted by Crippen LogP contribution is 2.20. The van der Waals surface area contributed by atoms with Crippen LogP contribution in [0.25, 0.3) is 0 Å². The van der Waals surface area contributed by atoms with Gasteiger partial charge in [0, 0.05) is 39.6 Å². The van der Waals surface area contributed by atoms with Crippen LogP contribution in [0.4, 0.5) is 0 Å². The minimum Gasteiger partial charge on any atom is -0.481 e. The molecule has 0 aromatic carbocycles. The van der Waals surface area contributed by atoms with E-state index in [1.54, 1.807) is 12.0 Å². The molecule has 5 heteroatoms. The number of piperidine rings is 1. The molecule has 0 spiro atoms. The van der Waals surface area contributed by atoms with E-state index in [4.69, 9.17) is 9.84 Å². The molecular weight excluding hydrogens is 222 g/mol. The quantitative estimate of drug-likeness (QED) is 0.710. The predicted molar refractivity (Wildman–Crippen MR) is 62.7 cm³/mol. The van der Waals surface area contributed by atoms with Gasteiger partial charge in [-0.3, -0.25) is 9.59 Å². The maximum Gasteiger partial charge on any atom is 0.303 e. The summed E-state index contributed by atoms with van der Waals surface area (Å²) >= 11 is 0. The second kappa shape index (κ2) is 7.27. The molecule has 0 aromatic heterocycles. The van der Waals surface area contributed by atoms with E-state index in [-0.39, 0.29) is 18.2 Å². The Bertz CT molecular complexity index is 267. The van der Waals surface area contributed by atoms with Gasteiger partial charge in [0.2, 0.25) is 5.91 Å². The van der Waals surface area contributed by atoms with Gasteiger partial charge in [0.15, 0.2) is 0 Å². The molecule has 1 fully saturated rings. The summed E-state index contributed by atoms with van der Waals surface area (Å²) in [6.45, 7) is 1.96. The van der Waals surface area contributed by atoms with E-state index in [0.717, 1.165) is 25.8 Å². The smallest absolute Gasteiger partial charge is 0.303 e. The Morgan fingerprint density at radius 1 is 1.47 bits per heavy atom. The van der Waals surface area contributed by atoms with Crippen LogP contribution in [0.3, 0.4) is 0 Å². The lowest BCUT2D eigenvalue weighted by atomic mass is 9.94. The van der Waals surface area contributed by atoms with Gasteiger partial charge in [0.1, 0.15) is 0 Å².